The third-order valence-corrected chi connectivity index (χ3v) is 2.74. The number of amides is 1. The molecule has 0 aliphatic heterocycles. The van der Waals surface area contributed by atoms with Crippen LogP contribution in [0.15, 0.2) is 22.7 Å². The molecule has 1 aromatic rings. The fourth-order valence-corrected chi connectivity index (χ4v) is 1.73. The maximum absolute atomic E-state index is 11.9. The number of carbonyl (C=O) groups excluding carboxylic acids is 1. The molecule has 1 N–H and O–H groups in total. The first-order valence-electron chi connectivity index (χ1n) is 5.05. The number of carbonyl (C=O) groups is 1. The summed E-state index contributed by atoms with van der Waals surface area (Å²) in [4.78, 5) is 11.9. The molecule has 1 aromatic carbocycles. The lowest BCUT2D eigenvalue weighted by atomic mass is 10.1. The number of rotatable bonds is 3. The van der Waals surface area contributed by atoms with Crippen molar-refractivity contribution in [3.8, 4) is 12.3 Å². The highest BCUT2D eigenvalue weighted by atomic mass is 79.9. The zero-order chi connectivity index (χ0) is 12.1. The molecule has 0 aliphatic rings. The molecule has 1 amide bonds. The Morgan fingerprint density at radius 2 is 2.31 bits per heavy atom. The molecular formula is C13H14BrNO. The van der Waals surface area contributed by atoms with E-state index in [1.165, 1.54) is 0 Å². The molecule has 2 nitrogen and oxygen atoms in total. The predicted octanol–water partition coefficient (Wildman–Crippen LogP) is 2.90. The van der Waals surface area contributed by atoms with Gasteiger partial charge in [0.05, 0.1) is 0 Å². The van der Waals surface area contributed by atoms with Gasteiger partial charge in [0.2, 0.25) is 0 Å². The number of hydrogen-bond acceptors (Lipinski definition) is 1. The van der Waals surface area contributed by atoms with Gasteiger partial charge in [-0.3, -0.25) is 4.79 Å². The number of benzene rings is 1. The maximum Gasteiger partial charge on any atom is 0.251 e. The number of hydrogen-bond donors (Lipinski definition) is 1. The smallest absolute Gasteiger partial charge is 0.251 e. The molecule has 0 fully saturated rings. The Hall–Kier alpha value is -1.27. The second-order valence-electron chi connectivity index (χ2n) is 3.74. The molecule has 0 saturated heterocycles. The molecule has 1 rings (SSSR count). The Balaban J connectivity index is 2.81. The lowest BCUT2D eigenvalue weighted by Crippen LogP contribution is -2.32. The molecule has 0 radical (unpaired) electrons. The number of nitrogens with one attached hydrogen (secondary N) is 1. The third kappa shape index (κ3) is 3.39. The van der Waals surface area contributed by atoms with Crippen molar-refractivity contribution in [2.75, 3.05) is 0 Å². The lowest BCUT2D eigenvalue weighted by molar-refractivity contribution is 0.0940. The monoisotopic (exact) mass is 279 g/mol. The fraction of sp³-hybridized carbons (Fsp3) is 0.308. The van der Waals surface area contributed by atoms with Gasteiger partial charge in [-0.05, 0) is 31.5 Å². The highest BCUT2D eigenvalue weighted by Gasteiger charge is 2.11. The van der Waals surface area contributed by atoms with Crippen LogP contribution in [0.1, 0.15) is 29.3 Å². The molecule has 16 heavy (non-hydrogen) atoms. The van der Waals surface area contributed by atoms with Crippen LogP contribution < -0.4 is 5.32 Å². The van der Waals surface area contributed by atoms with Gasteiger partial charge in [-0.15, -0.1) is 12.3 Å². The van der Waals surface area contributed by atoms with Crippen LogP contribution in [-0.4, -0.2) is 11.9 Å². The van der Waals surface area contributed by atoms with E-state index in [4.69, 9.17) is 6.42 Å². The van der Waals surface area contributed by atoms with Crippen molar-refractivity contribution < 1.29 is 4.79 Å². The van der Waals surface area contributed by atoms with Crippen molar-refractivity contribution in [2.45, 2.75) is 26.3 Å². The van der Waals surface area contributed by atoms with Gasteiger partial charge in [0.1, 0.15) is 0 Å². The van der Waals surface area contributed by atoms with Crippen molar-refractivity contribution in [2.24, 2.45) is 0 Å². The molecule has 0 aliphatic carbocycles. The normalized spacial score (nSPS) is 11.6. The van der Waals surface area contributed by atoms with Crippen molar-refractivity contribution in [1.82, 2.24) is 5.32 Å². The molecule has 1 unspecified atom stereocenters. The van der Waals surface area contributed by atoms with Gasteiger partial charge in [-0.2, -0.15) is 0 Å². The van der Waals surface area contributed by atoms with Crippen LogP contribution in [-0.2, 0) is 0 Å². The molecule has 0 aromatic heterocycles. The number of halogens is 1. The van der Waals surface area contributed by atoms with Gasteiger partial charge in [0.25, 0.3) is 5.91 Å². The lowest BCUT2D eigenvalue weighted by Gasteiger charge is -2.12. The molecule has 0 heterocycles. The standard InChI is InChI=1S/C13H14BrNO/c1-4-5-10(3)15-13(16)12-8-11(14)7-6-9(12)2/h1,6-8,10H,5H2,2-3H3,(H,15,16). The van der Waals surface area contributed by atoms with Gasteiger partial charge in [-0.25, -0.2) is 0 Å². The largest absolute Gasteiger partial charge is 0.349 e. The average molecular weight is 280 g/mol. The van der Waals surface area contributed by atoms with Gasteiger partial charge in [0, 0.05) is 22.5 Å². The molecule has 0 saturated carbocycles. The highest BCUT2D eigenvalue weighted by molar-refractivity contribution is 9.10. The van der Waals surface area contributed by atoms with Crippen LogP contribution in [0.5, 0.6) is 0 Å². The van der Waals surface area contributed by atoms with E-state index in [0.29, 0.717) is 12.0 Å². The molecule has 84 valence electrons. The van der Waals surface area contributed by atoms with Gasteiger partial charge in [0.15, 0.2) is 0 Å². The summed E-state index contributed by atoms with van der Waals surface area (Å²) in [6.07, 6.45) is 5.73. The third-order valence-electron chi connectivity index (χ3n) is 2.25. The van der Waals surface area contributed by atoms with Crippen molar-refractivity contribution in [3.63, 3.8) is 0 Å². The summed E-state index contributed by atoms with van der Waals surface area (Å²) in [6.45, 7) is 3.80. The van der Waals surface area contributed by atoms with Crippen LogP contribution >= 0.6 is 15.9 Å². The van der Waals surface area contributed by atoms with E-state index in [1.807, 2.05) is 32.0 Å². The highest BCUT2D eigenvalue weighted by Crippen LogP contribution is 2.16. The minimum atomic E-state index is -0.0819. The minimum absolute atomic E-state index is 0.00381. The average Bonchev–Trinajstić information content (AvgIpc) is 2.21. The van der Waals surface area contributed by atoms with E-state index in [9.17, 15) is 4.79 Å². The first-order chi connectivity index (χ1) is 7.54. The quantitative estimate of drug-likeness (QED) is 0.847. The van der Waals surface area contributed by atoms with Crippen LogP contribution in [0.2, 0.25) is 0 Å². The fourth-order valence-electron chi connectivity index (χ4n) is 1.37. The SMILES string of the molecule is C#CCC(C)NC(=O)c1cc(Br)ccc1C. The minimum Gasteiger partial charge on any atom is -0.349 e. The Labute approximate surface area is 105 Å². The zero-order valence-corrected chi connectivity index (χ0v) is 11.0. The molecular weight excluding hydrogens is 266 g/mol. The first kappa shape index (κ1) is 12.8. The maximum atomic E-state index is 11.9. The first-order valence-corrected chi connectivity index (χ1v) is 5.84. The second kappa shape index (κ2) is 5.72. The number of aryl methyl sites for hydroxylation is 1. The Morgan fingerprint density at radius 1 is 1.62 bits per heavy atom. The van der Waals surface area contributed by atoms with Crippen LogP contribution in [0.4, 0.5) is 0 Å². The van der Waals surface area contributed by atoms with Crippen molar-refractivity contribution >= 4 is 21.8 Å². The summed E-state index contributed by atoms with van der Waals surface area (Å²) in [7, 11) is 0. The molecule has 0 spiro atoms. The number of terminal acetylenes is 1. The molecule has 1 atom stereocenters. The van der Waals surface area contributed by atoms with Crippen LogP contribution in [0, 0.1) is 19.3 Å². The van der Waals surface area contributed by atoms with E-state index in [-0.39, 0.29) is 11.9 Å². The van der Waals surface area contributed by atoms with E-state index >= 15 is 0 Å². The van der Waals surface area contributed by atoms with Gasteiger partial charge in [-0.1, -0.05) is 22.0 Å². The van der Waals surface area contributed by atoms with Crippen molar-refractivity contribution in [3.05, 3.63) is 33.8 Å². The summed E-state index contributed by atoms with van der Waals surface area (Å²) in [6, 6.07) is 5.63. The van der Waals surface area contributed by atoms with Crippen molar-refractivity contribution in [1.29, 1.82) is 0 Å². The zero-order valence-electron chi connectivity index (χ0n) is 9.38. The topological polar surface area (TPSA) is 29.1 Å². The Bertz CT molecular complexity index is 434. The van der Waals surface area contributed by atoms with E-state index in [2.05, 4.69) is 27.2 Å². The van der Waals surface area contributed by atoms with E-state index < -0.39 is 0 Å². The Morgan fingerprint density at radius 3 is 2.94 bits per heavy atom. The summed E-state index contributed by atoms with van der Waals surface area (Å²) in [5.74, 6) is 2.44. The summed E-state index contributed by atoms with van der Waals surface area (Å²) in [5, 5.41) is 2.86. The second-order valence-corrected chi connectivity index (χ2v) is 4.66. The Kier molecular flexibility index (Phi) is 4.57. The predicted molar refractivity (Wildman–Crippen MR) is 69.3 cm³/mol. The summed E-state index contributed by atoms with van der Waals surface area (Å²) < 4.78 is 0.896. The van der Waals surface area contributed by atoms with Gasteiger partial charge >= 0.3 is 0 Å². The van der Waals surface area contributed by atoms with E-state index in [0.717, 1.165) is 10.0 Å². The molecule has 0 bridgehead atoms. The van der Waals surface area contributed by atoms with Crippen LogP contribution in [0.3, 0.4) is 0 Å². The van der Waals surface area contributed by atoms with Crippen LogP contribution in [0.25, 0.3) is 0 Å². The molecule has 3 heteroatoms. The van der Waals surface area contributed by atoms with Gasteiger partial charge < -0.3 is 5.32 Å². The summed E-state index contributed by atoms with van der Waals surface area (Å²) in [5.41, 5.74) is 1.63. The van der Waals surface area contributed by atoms with E-state index in [1.54, 1.807) is 0 Å². The summed E-state index contributed by atoms with van der Waals surface area (Å²) >= 11 is 3.35.